The lowest BCUT2D eigenvalue weighted by Crippen LogP contribution is -2.17. The molecule has 0 aliphatic heterocycles. The molecule has 0 radical (unpaired) electrons. The standard InChI is InChI=1S/C22H23NO3/c1-13-8-9-17-16(4)18(22(25)26-20(17)12-13)10-11-21(24)23-19-7-5-6-14(2)15(19)3/h5-9,12H,10-11H2,1-4H3,(H,23,24). The Balaban J connectivity index is 1.79. The zero-order chi connectivity index (χ0) is 18.8. The summed E-state index contributed by atoms with van der Waals surface area (Å²) in [6.45, 7) is 7.86. The lowest BCUT2D eigenvalue weighted by Gasteiger charge is -2.11. The molecule has 1 heterocycles. The highest BCUT2D eigenvalue weighted by atomic mass is 16.4. The second kappa shape index (κ2) is 7.16. The normalized spacial score (nSPS) is 10.9. The van der Waals surface area contributed by atoms with Crippen LogP contribution in [0.3, 0.4) is 0 Å². The summed E-state index contributed by atoms with van der Waals surface area (Å²) in [7, 11) is 0. The molecular weight excluding hydrogens is 326 g/mol. The van der Waals surface area contributed by atoms with Gasteiger partial charge in [-0.05, 0) is 68.5 Å². The summed E-state index contributed by atoms with van der Waals surface area (Å²) in [6.07, 6.45) is 0.588. The first-order chi connectivity index (χ1) is 12.4. The number of aryl methyl sites for hydroxylation is 3. The number of rotatable bonds is 4. The molecule has 0 unspecified atom stereocenters. The fourth-order valence-electron chi connectivity index (χ4n) is 3.13. The molecular formula is C22H23NO3. The van der Waals surface area contributed by atoms with Crippen molar-refractivity contribution in [3.8, 4) is 0 Å². The van der Waals surface area contributed by atoms with Crippen LogP contribution in [0.4, 0.5) is 5.69 Å². The molecule has 4 heteroatoms. The minimum atomic E-state index is -0.361. The number of fused-ring (bicyclic) bond motifs is 1. The zero-order valence-corrected chi connectivity index (χ0v) is 15.6. The van der Waals surface area contributed by atoms with Crippen molar-refractivity contribution in [2.75, 3.05) is 5.32 Å². The molecule has 3 rings (SSSR count). The van der Waals surface area contributed by atoms with E-state index in [-0.39, 0.29) is 18.0 Å². The molecule has 26 heavy (non-hydrogen) atoms. The smallest absolute Gasteiger partial charge is 0.339 e. The van der Waals surface area contributed by atoms with E-state index in [1.807, 2.05) is 64.1 Å². The van der Waals surface area contributed by atoms with Gasteiger partial charge >= 0.3 is 5.63 Å². The number of hydrogen-bond acceptors (Lipinski definition) is 3. The summed E-state index contributed by atoms with van der Waals surface area (Å²) in [5.41, 5.74) is 5.72. The molecule has 1 aromatic heterocycles. The maximum Gasteiger partial charge on any atom is 0.339 e. The van der Waals surface area contributed by atoms with Gasteiger partial charge in [-0.15, -0.1) is 0 Å². The van der Waals surface area contributed by atoms with Crippen molar-refractivity contribution in [2.24, 2.45) is 0 Å². The molecule has 0 saturated carbocycles. The number of hydrogen-bond donors (Lipinski definition) is 1. The fraction of sp³-hybridized carbons (Fsp3) is 0.273. The van der Waals surface area contributed by atoms with Crippen molar-refractivity contribution in [3.63, 3.8) is 0 Å². The first kappa shape index (κ1) is 17.9. The molecule has 0 fully saturated rings. The van der Waals surface area contributed by atoms with Gasteiger partial charge in [0.05, 0.1) is 0 Å². The Morgan fingerprint density at radius 1 is 1.04 bits per heavy atom. The van der Waals surface area contributed by atoms with E-state index in [2.05, 4.69) is 5.32 Å². The van der Waals surface area contributed by atoms with E-state index in [4.69, 9.17) is 4.42 Å². The van der Waals surface area contributed by atoms with Crippen LogP contribution in [0.15, 0.2) is 45.6 Å². The fourth-order valence-corrected chi connectivity index (χ4v) is 3.13. The molecule has 2 aromatic carbocycles. The van der Waals surface area contributed by atoms with Crippen LogP contribution in [0.2, 0.25) is 0 Å². The minimum Gasteiger partial charge on any atom is -0.423 e. The van der Waals surface area contributed by atoms with E-state index in [0.717, 1.165) is 33.3 Å². The molecule has 1 N–H and O–H groups in total. The molecule has 3 aromatic rings. The highest BCUT2D eigenvalue weighted by Crippen LogP contribution is 2.22. The van der Waals surface area contributed by atoms with E-state index in [9.17, 15) is 9.59 Å². The second-order valence-electron chi connectivity index (χ2n) is 6.79. The molecule has 0 aliphatic carbocycles. The van der Waals surface area contributed by atoms with Gasteiger partial charge in [-0.1, -0.05) is 24.3 Å². The van der Waals surface area contributed by atoms with Gasteiger partial charge in [0.15, 0.2) is 0 Å². The Labute approximate surface area is 152 Å². The van der Waals surface area contributed by atoms with Gasteiger partial charge in [0.1, 0.15) is 5.58 Å². The van der Waals surface area contributed by atoms with Crippen molar-refractivity contribution in [3.05, 3.63) is 74.6 Å². The van der Waals surface area contributed by atoms with Crippen LogP contribution in [0.5, 0.6) is 0 Å². The summed E-state index contributed by atoms with van der Waals surface area (Å²) in [5.74, 6) is -0.110. The van der Waals surface area contributed by atoms with Gasteiger partial charge in [-0.25, -0.2) is 4.79 Å². The van der Waals surface area contributed by atoms with Gasteiger partial charge in [-0.2, -0.15) is 0 Å². The van der Waals surface area contributed by atoms with Crippen LogP contribution in [0, 0.1) is 27.7 Å². The zero-order valence-electron chi connectivity index (χ0n) is 15.6. The Bertz CT molecular complexity index is 1050. The number of anilines is 1. The number of benzene rings is 2. The van der Waals surface area contributed by atoms with Crippen LogP contribution < -0.4 is 10.9 Å². The lowest BCUT2D eigenvalue weighted by atomic mass is 10.0. The molecule has 0 bridgehead atoms. The number of amides is 1. The first-order valence-corrected chi connectivity index (χ1v) is 8.76. The average molecular weight is 349 g/mol. The Morgan fingerprint density at radius 3 is 2.58 bits per heavy atom. The monoisotopic (exact) mass is 349 g/mol. The van der Waals surface area contributed by atoms with E-state index in [1.54, 1.807) is 0 Å². The minimum absolute atomic E-state index is 0.110. The van der Waals surface area contributed by atoms with Gasteiger partial charge in [-0.3, -0.25) is 4.79 Å². The van der Waals surface area contributed by atoms with Crippen molar-refractivity contribution >= 4 is 22.6 Å². The van der Waals surface area contributed by atoms with Crippen molar-refractivity contribution in [1.29, 1.82) is 0 Å². The predicted octanol–water partition coefficient (Wildman–Crippen LogP) is 4.60. The highest BCUT2D eigenvalue weighted by Gasteiger charge is 2.14. The Hall–Kier alpha value is -2.88. The van der Waals surface area contributed by atoms with Crippen molar-refractivity contribution in [1.82, 2.24) is 0 Å². The third kappa shape index (κ3) is 3.54. The summed E-state index contributed by atoms with van der Waals surface area (Å²) >= 11 is 0. The molecule has 4 nitrogen and oxygen atoms in total. The quantitative estimate of drug-likeness (QED) is 0.700. The number of carbonyl (C=O) groups is 1. The molecule has 0 aliphatic rings. The lowest BCUT2D eigenvalue weighted by molar-refractivity contribution is -0.116. The van der Waals surface area contributed by atoms with Crippen LogP contribution in [0.1, 0.15) is 34.2 Å². The summed E-state index contributed by atoms with van der Waals surface area (Å²) in [6, 6.07) is 11.6. The van der Waals surface area contributed by atoms with Gasteiger partial charge in [0.2, 0.25) is 5.91 Å². The summed E-state index contributed by atoms with van der Waals surface area (Å²) in [5, 5.41) is 3.85. The maximum absolute atomic E-state index is 12.3. The second-order valence-corrected chi connectivity index (χ2v) is 6.79. The third-order valence-corrected chi connectivity index (χ3v) is 4.92. The average Bonchev–Trinajstić information content (AvgIpc) is 2.58. The van der Waals surface area contributed by atoms with Crippen LogP contribution in [-0.4, -0.2) is 5.91 Å². The topological polar surface area (TPSA) is 59.3 Å². The largest absolute Gasteiger partial charge is 0.423 e. The highest BCUT2D eigenvalue weighted by molar-refractivity contribution is 5.92. The van der Waals surface area contributed by atoms with Crippen LogP contribution in [-0.2, 0) is 11.2 Å². The molecule has 134 valence electrons. The van der Waals surface area contributed by atoms with Gasteiger partial charge in [0, 0.05) is 23.1 Å². The van der Waals surface area contributed by atoms with E-state index in [0.29, 0.717) is 17.6 Å². The van der Waals surface area contributed by atoms with Crippen LogP contribution >= 0.6 is 0 Å². The van der Waals surface area contributed by atoms with E-state index < -0.39 is 0 Å². The molecule has 0 spiro atoms. The summed E-state index contributed by atoms with van der Waals surface area (Å²) in [4.78, 5) is 24.7. The van der Waals surface area contributed by atoms with Crippen molar-refractivity contribution < 1.29 is 9.21 Å². The molecule has 1 amide bonds. The van der Waals surface area contributed by atoms with Crippen LogP contribution in [0.25, 0.3) is 11.0 Å². The molecule has 0 atom stereocenters. The van der Waals surface area contributed by atoms with E-state index >= 15 is 0 Å². The predicted molar refractivity (Wildman–Crippen MR) is 105 cm³/mol. The number of nitrogens with one attached hydrogen (secondary N) is 1. The summed E-state index contributed by atoms with van der Waals surface area (Å²) < 4.78 is 5.45. The first-order valence-electron chi connectivity index (χ1n) is 8.76. The third-order valence-electron chi connectivity index (χ3n) is 4.92. The number of carbonyl (C=O) groups excluding carboxylic acids is 1. The molecule has 0 saturated heterocycles. The maximum atomic E-state index is 12.3. The Morgan fingerprint density at radius 2 is 1.81 bits per heavy atom. The van der Waals surface area contributed by atoms with Gasteiger partial charge in [0.25, 0.3) is 0 Å². The van der Waals surface area contributed by atoms with Crippen molar-refractivity contribution in [2.45, 2.75) is 40.5 Å². The Kier molecular flexibility index (Phi) is 4.94. The van der Waals surface area contributed by atoms with Gasteiger partial charge < -0.3 is 9.73 Å². The van der Waals surface area contributed by atoms with E-state index in [1.165, 1.54) is 0 Å². The SMILES string of the molecule is Cc1ccc2c(C)c(CCC(=O)Nc3cccc(C)c3C)c(=O)oc2c1.